The van der Waals surface area contributed by atoms with Crippen LogP contribution in [0.5, 0.6) is 5.75 Å². The number of aliphatic hydroxyl groups is 1. The number of carbonyl (C=O) groups excluding carboxylic acids is 3. The normalized spacial score (nSPS) is 17.4. The molecule has 2 fully saturated rings. The summed E-state index contributed by atoms with van der Waals surface area (Å²) in [6.07, 6.45) is -1.12. The van der Waals surface area contributed by atoms with E-state index in [-0.39, 0.29) is 43.2 Å². The number of nitrogens with one attached hydrogen (secondary N) is 2. The summed E-state index contributed by atoms with van der Waals surface area (Å²) >= 11 is 5.67. The highest BCUT2D eigenvalue weighted by Crippen LogP contribution is 2.35. The van der Waals surface area contributed by atoms with Crippen LogP contribution in [-0.2, 0) is 14.3 Å². The topological polar surface area (TPSA) is 143 Å². The molecule has 1 unspecified atom stereocenters. The number of methoxy groups -OCH3 is 1. The molecule has 13 heteroatoms. The Hall–Kier alpha value is -3.32. The molecule has 3 amide bonds. The number of furan rings is 1. The first-order chi connectivity index (χ1) is 17.4. The monoisotopic (exact) mass is 524 g/mol. The lowest BCUT2D eigenvalue weighted by atomic mass is 10.2. The summed E-state index contributed by atoms with van der Waals surface area (Å²) in [7, 11) is 3.29. The highest BCUT2D eigenvalue weighted by molar-refractivity contribution is 6.29. The molecule has 0 bridgehead atoms. The second-order valence-electron chi connectivity index (χ2n) is 7.71. The molecule has 0 aliphatic carbocycles. The first kappa shape index (κ1) is 27.3. The SMILES string of the molecule is CNCCO.COc1cc(N2CCOCC2=O)ccc1N1CC(CNC(=O)c2ccc(Cl)o2)OC1=O. The van der Waals surface area contributed by atoms with Crippen LogP contribution in [0.3, 0.4) is 0 Å². The Morgan fingerprint density at radius 3 is 2.67 bits per heavy atom. The molecule has 2 saturated heterocycles. The Bertz CT molecular complexity index is 1060. The molecule has 1 atom stereocenters. The van der Waals surface area contributed by atoms with Crippen molar-refractivity contribution < 1.29 is 38.1 Å². The molecule has 2 aliphatic rings. The fraction of sp³-hybridized carbons (Fsp3) is 0.435. The summed E-state index contributed by atoms with van der Waals surface area (Å²) in [4.78, 5) is 39.6. The van der Waals surface area contributed by atoms with E-state index < -0.39 is 18.1 Å². The maximum Gasteiger partial charge on any atom is 0.414 e. The van der Waals surface area contributed by atoms with Gasteiger partial charge in [0.05, 0.1) is 39.1 Å². The van der Waals surface area contributed by atoms with Gasteiger partial charge in [-0.2, -0.15) is 0 Å². The number of anilines is 2. The van der Waals surface area contributed by atoms with Gasteiger partial charge in [-0.3, -0.25) is 14.5 Å². The number of carbonyl (C=O) groups is 3. The van der Waals surface area contributed by atoms with E-state index >= 15 is 0 Å². The molecule has 4 rings (SSSR count). The number of morpholine rings is 1. The summed E-state index contributed by atoms with van der Waals surface area (Å²) in [6.45, 7) is 2.16. The third-order valence-electron chi connectivity index (χ3n) is 5.27. The van der Waals surface area contributed by atoms with Crippen LogP contribution in [0.4, 0.5) is 16.2 Å². The first-order valence-electron chi connectivity index (χ1n) is 11.2. The zero-order valence-electron chi connectivity index (χ0n) is 20.0. The van der Waals surface area contributed by atoms with Crippen LogP contribution in [-0.4, -0.2) is 89.3 Å². The number of hydrogen-bond acceptors (Lipinski definition) is 9. The predicted octanol–water partition coefficient (Wildman–Crippen LogP) is 1.26. The number of halogens is 1. The van der Waals surface area contributed by atoms with Crippen LogP contribution < -0.4 is 25.2 Å². The maximum absolute atomic E-state index is 12.4. The van der Waals surface area contributed by atoms with E-state index in [1.807, 2.05) is 0 Å². The van der Waals surface area contributed by atoms with Gasteiger partial charge in [0.15, 0.2) is 11.0 Å². The molecule has 2 aliphatic heterocycles. The van der Waals surface area contributed by atoms with Crippen molar-refractivity contribution in [3.05, 3.63) is 41.3 Å². The van der Waals surface area contributed by atoms with Gasteiger partial charge in [-0.05, 0) is 42.9 Å². The fourth-order valence-corrected chi connectivity index (χ4v) is 3.66. The molecular formula is C23H29ClN4O8. The van der Waals surface area contributed by atoms with Crippen molar-refractivity contribution in [3.63, 3.8) is 0 Å². The Labute approximate surface area is 213 Å². The number of nitrogens with zero attached hydrogens (tertiary/aromatic N) is 2. The number of cyclic esters (lactones) is 1. The molecule has 1 aromatic carbocycles. The predicted molar refractivity (Wildman–Crippen MR) is 131 cm³/mol. The van der Waals surface area contributed by atoms with Crippen molar-refractivity contribution >= 4 is 40.9 Å². The Balaban J connectivity index is 0.000000658. The van der Waals surface area contributed by atoms with Gasteiger partial charge in [0.1, 0.15) is 18.5 Å². The van der Waals surface area contributed by atoms with E-state index in [1.165, 1.54) is 24.1 Å². The maximum atomic E-state index is 12.4. The van der Waals surface area contributed by atoms with Gasteiger partial charge in [0.25, 0.3) is 11.8 Å². The van der Waals surface area contributed by atoms with Crippen molar-refractivity contribution in [1.82, 2.24) is 10.6 Å². The van der Waals surface area contributed by atoms with Gasteiger partial charge in [-0.1, -0.05) is 0 Å². The molecule has 0 saturated carbocycles. The number of likely N-dealkylation sites (N-methyl/N-ethyl adjacent to an activating group) is 1. The zero-order valence-corrected chi connectivity index (χ0v) is 20.7. The van der Waals surface area contributed by atoms with Gasteiger partial charge in [-0.15, -0.1) is 0 Å². The molecule has 0 radical (unpaired) electrons. The van der Waals surface area contributed by atoms with E-state index in [2.05, 4.69) is 10.6 Å². The third kappa shape index (κ3) is 6.88. The fourth-order valence-electron chi connectivity index (χ4n) is 3.51. The van der Waals surface area contributed by atoms with Gasteiger partial charge in [0, 0.05) is 24.8 Å². The lowest BCUT2D eigenvalue weighted by Gasteiger charge is -2.28. The number of aliphatic hydroxyl groups excluding tert-OH is 1. The van der Waals surface area contributed by atoms with E-state index in [1.54, 1.807) is 30.1 Å². The lowest BCUT2D eigenvalue weighted by molar-refractivity contribution is -0.125. The molecular weight excluding hydrogens is 496 g/mol. The highest BCUT2D eigenvalue weighted by atomic mass is 35.5. The van der Waals surface area contributed by atoms with Crippen LogP contribution >= 0.6 is 11.6 Å². The second-order valence-corrected chi connectivity index (χ2v) is 8.08. The van der Waals surface area contributed by atoms with Crippen molar-refractivity contribution in [1.29, 1.82) is 0 Å². The van der Waals surface area contributed by atoms with Crippen molar-refractivity contribution in [2.45, 2.75) is 6.10 Å². The van der Waals surface area contributed by atoms with Crippen molar-refractivity contribution in [2.24, 2.45) is 0 Å². The largest absolute Gasteiger partial charge is 0.494 e. The molecule has 196 valence electrons. The minimum absolute atomic E-state index is 0.0279. The van der Waals surface area contributed by atoms with Crippen LogP contribution in [0.25, 0.3) is 0 Å². The number of ether oxygens (including phenoxy) is 3. The Kier molecular flexibility index (Phi) is 9.94. The smallest absolute Gasteiger partial charge is 0.414 e. The van der Waals surface area contributed by atoms with Crippen molar-refractivity contribution in [3.8, 4) is 5.75 Å². The van der Waals surface area contributed by atoms with E-state index in [0.717, 1.165) is 0 Å². The van der Waals surface area contributed by atoms with Crippen LogP contribution in [0.1, 0.15) is 10.6 Å². The molecule has 1 aromatic heterocycles. The lowest BCUT2D eigenvalue weighted by Crippen LogP contribution is -2.41. The van der Waals surface area contributed by atoms with Gasteiger partial charge >= 0.3 is 6.09 Å². The number of benzene rings is 1. The van der Waals surface area contributed by atoms with E-state index in [0.29, 0.717) is 36.8 Å². The summed E-state index contributed by atoms with van der Waals surface area (Å²) < 4.78 is 21.0. The minimum Gasteiger partial charge on any atom is -0.494 e. The van der Waals surface area contributed by atoms with Gasteiger partial charge in [0.2, 0.25) is 0 Å². The van der Waals surface area contributed by atoms with Gasteiger partial charge in [-0.25, -0.2) is 4.79 Å². The number of amides is 3. The average Bonchev–Trinajstić information content (AvgIpc) is 3.48. The average molecular weight is 525 g/mol. The Morgan fingerprint density at radius 1 is 1.25 bits per heavy atom. The molecule has 2 aromatic rings. The number of rotatable bonds is 8. The molecule has 3 heterocycles. The summed E-state index contributed by atoms with van der Waals surface area (Å²) in [6, 6.07) is 8.06. The second kappa shape index (κ2) is 13.1. The van der Waals surface area contributed by atoms with Gasteiger partial charge < -0.3 is 39.3 Å². The summed E-state index contributed by atoms with van der Waals surface area (Å²) in [5.41, 5.74) is 1.16. The summed E-state index contributed by atoms with van der Waals surface area (Å²) in [5, 5.41) is 13.5. The third-order valence-corrected chi connectivity index (χ3v) is 5.48. The molecule has 0 spiro atoms. The van der Waals surface area contributed by atoms with Crippen LogP contribution in [0.2, 0.25) is 5.22 Å². The molecule has 12 nitrogen and oxygen atoms in total. The number of hydrogen-bond donors (Lipinski definition) is 3. The van der Waals surface area contributed by atoms with E-state index in [4.69, 9.17) is 35.3 Å². The summed E-state index contributed by atoms with van der Waals surface area (Å²) in [5.74, 6) is -0.112. The van der Waals surface area contributed by atoms with E-state index in [9.17, 15) is 14.4 Å². The standard InChI is InChI=1S/C20H20ClN3O7.C3H9NO/c1-28-16-8-12(23-6-7-29-11-18(23)25)2-3-14(16)24-10-13(30-20(24)27)9-22-19(26)15-4-5-17(21)31-15;1-4-2-3-5/h2-5,8,13H,6-7,9-11H2,1H3,(H,22,26);4-5H,2-3H2,1H3. The zero-order chi connectivity index (χ0) is 26.1. The minimum atomic E-state index is -0.563. The molecule has 3 N–H and O–H groups in total. The molecule has 36 heavy (non-hydrogen) atoms. The van der Waals surface area contributed by atoms with Crippen LogP contribution in [0.15, 0.2) is 34.7 Å². The quantitative estimate of drug-likeness (QED) is 0.465. The Morgan fingerprint density at radius 2 is 2.06 bits per heavy atom. The first-order valence-corrected chi connectivity index (χ1v) is 11.6. The highest BCUT2D eigenvalue weighted by Gasteiger charge is 2.34. The van der Waals surface area contributed by atoms with Crippen LogP contribution in [0, 0.1) is 0 Å². The van der Waals surface area contributed by atoms with Crippen molar-refractivity contribution in [2.75, 3.05) is 70.0 Å².